The van der Waals surface area contributed by atoms with Crippen LogP contribution in [0.25, 0.3) is 50.2 Å². The Morgan fingerprint density at radius 2 is 1.15 bits per heavy atom. The highest BCUT2D eigenvalue weighted by atomic mass is 15.0. The lowest BCUT2D eigenvalue weighted by Gasteiger charge is -2.18. The van der Waals surface area contributed by atoms with Crippen LogP contribution in [0.3, 0.4) is 0 Å². The third-order valence-corrected chi connectivity index (χ3v) is 7.05. The molecule has 0 aliphatic heterocycles. The second-order valence-electron chi connectivity index (χ2n) is 9.14. The minimum absolute atomic E-state index is 0.543. The van der Waals surface area contributed by atoms with Gasteiger partial charge in [-0.15, -0.1) is 0 Å². The second-order valence-corrected chi connectivity index (χ2v) is 9.14. The van der Waals surface area contributed by atoms with Crippen LogP contribution in [0, 0.1) is 5.92 Å². The van der Waals surface area contributed by atoms with Crippen molar-refractivity contribution in [3.8, 4) is 11.4 Å². The number of nitrogens with zero attached hydrogens (tertiary/aromatic N) is 2. The number of aromatic nitrogens is 2. The Balaban J connectivity index is 1.52. The van der Waals surface area contributed by atoms with Crippen molar-refractivity contribution in [1.82, 2.24) is 9.13 Å². The first-order chi connectivity index (χ1) is 16.3. The van der Waals surface area contributed by atoms with Gasteiger partial charge in [-0.2, -0.15) is 0 Å². The Labute approximate surface area is 193 Å². The Kier molecular flexibility index (Phi) is 3.92. The van der Waals surface area contributed by atoms with Crippen molar-refractivity contribution < 1.29 is 0 Å². The zero-order chi connectivity index (χ0) is 21.9. The van der Waals surface area contributed by atoms with E-state index in [1.807, 2.05) is 0 Å². The van der Waals surface area contributed by atoms with Crippen LogP contribution < -0.4 is 0 Å². The van der Waals surface area contributed by atoms with Crippen LogP contribution >= 0.6 is 0 Å². The first kappa shape index (κ1) is 18.5. The molecular formula is C31H24N2. The maximum atomic E-state index is 2.47. The van der Waals surface area contributed by atoms with E-state index in [2.05, 4.69) is 125 Å². The Bertz CT molecular complexity index is 1660. The lowest BCUT2D eigenvalue weighted by atomic mass is 9.95. The van der Waals surface area contributed by atoms with Gasteiger partial charge < -0.3 is 9.13 Å². The minimum atomic E-state index is 0.543. The lowest BCUT2D eigenvalue weighted by Crippen LogP contribution is -2.08. The standard InChI is InChI=1S/C31H24N2/c1-21-17-18-27-26-13-4-7-16-30(26)33(31(27)19-21)23-10-8-9-22(20-23)32-28-14-5-2-11-24(28)25-12-3-6-15-29(25)32/h2-18,20-21H,19H2,1H3. The Hall–Kier alpha value is -4.04. The summed E-state index contributed by atoms with van der Waals surface area (Å²) in [4.78, 5) is 0. The smallest absolute Gasteiger partial charge is 0.0541 e. The van der Waals surface area contributed by atoms with Gasteiger partial charge in [-0.1, -0.05) is 79.7 Å². The quantitative estimate of drug-likeness (QED) is 0.267. The third kappa shape index (κ3) is 2.67. The highest BCUT2D eigenvalue weighted by Gasteiger charge is 2.21. The van der Waals surface area contributed by atoms with E-state index in [-0.39, 0.29) is 0 Å². The summed E-state index contributed by atoms with van der Waals surface area (Å²) in [5, 5.41) is 3.92. The second kappa shape index (κ2) is 6.98. The fourth-order valence-corrected chi connectivity index (χ4v) is 5.61. The fourth-order valence-electron chi connectivity index (χ4n) is 5.61. The molecule has 0 spiro atoms. The molecule has 1 aliphatic carbocycles. The highest BCUT2D eigenvalue weighted by molar-refractivity contribution is 6.09. The molecule has 0 amide bonds. The first-order valence-corrected chi connectivity index (χ1v) is 11.7. The predicted molar refractivity (Wildman–Crippen MR) is 140 cm³/mol. The molecule has 7 rings (SSSR count). The fraction of sp³-hybridized carbons (Fsp3) is 0.0968. The van der Waals surface area contributed by atoms with Gasteiger partial charge in [0.05, 0.1) is 16.6 Å². The van der Waals surface area contributed by atoms with Crippen LogP contribution in [0.2, 0.25) is 0 Å². The number of allylic oxidation sites excluding steroid dienone is 1. The molecule has 0 N–H and O–H groups in total. The van der Waals surface area contributed by atoms with Gasteiger partial charge in [-0.25, -0.2) is 0 Å². The van der Waals surface area contributed by atoms with E-state index >= 15 is 0 Å². The highest BCUT2D eigenvalue weighted by Crippen LogP contribution is 2.37. The van der Waals surface area contributed by atoms with Gasteiger partial charge in [-0.3, -0.25) is 0 Å². The van der Waals surface area contributed by atoms with Crippen LogP contribution in [0.4, 0.5) is 0 Å². The molecule has 4 aromatic carbocycles. The zero-order valence-electron chi connectivity index (χ0n) is 18.6. The van der Waals surface area contributed by atoms with Crippen molar-refractivity contribution in [3.05, 3.63) is 114 Å². The molecule has 2 aromatic heterocycles. The summed E-state index contributed by atoms with van der Waals surface area (Å²) in [5.74, 6) is 0.543. The normalized spacial score (nSPS) is 15.5. The summed E-state index contributed by atoms with van der Waals surface area (Å²) in [5.41, 5.74) is 8.95. The summed E-state index contributed by atoms with van der Waals surface area (Å²) in [6.07, 6.45) is 5.72. The van der Waals surface area contributed by atoms with Gasteiger partial charge in [-0.05, 0) is 48.7 Å². The average Bonchev–Trinajstić information content (AvgIpc) is 3.37. The maximum Gasteiger partial charge on any atom is 0.0541 e. The molecule has 0 fully saturated rings. The summed E-state index contributed by atoms with van der Waals surface area (Å²) in [6, 6.07) is 35.2. The molecule has 2 heteroatoms. The van der Waals surface area contributed by atoms with Crippen LogP contribution in [0.15, 0.2) is 103 Å². The number of hydrogen-bond acceptors (Lipinski definition) is 0. The molecule has 0 saturated carbocycles. The van der Waals surface area contributed by atoms with Crippen molar-refractivity contribution in [2.45, 2.75) is 13.3 Å². The predicted octanol–water partition coefficient (Wildman–Crippen LogP) is 7.93. The van der Waals surface area contributed by atoms with Gasteiger partial charge in [0, 0.05) is 38.8 Å². The van der Waals surface area contributed by atoms with Crippen LogP contribution in [-0.4, -0.2) is 9.13 Å². The summed E-state index contributed by atoms with van der Waals surface area (Å²) >= 11 is 0. The van der Waals surface area contributed by atoms with Crippen molar-refractivity contribution in [2.24, 2.45) is 5.92 Å². The number of rotatable bonds is 2. The number of benzene rings is 4. The molecule has 2 heterocycles. The molecule has 33 heavy (non-hydrogen) atoms. The largest absolute Gasteiger partial charge is 0.313 e. The van der Waals surface area contributed by atoms with Gasteiger partial charge in [0.1, 0.15) is 0 Å². The third-order valence-electron chi connectivity index (χ3n) is 7.05. The minimum Gasteiger partial charge on any atom is -0.313 e. The van der Waals surface area contributed by atoms with E-state index in [0.29, 0.717) is 5.92 Å². The van der Waals surface area contributed by atoms with E-state index in [1.54, 1.807) is 0 Å². The van der Waals surface area contributed by atoms with E-state index in [9.17, 15) is 0 Å². The van der Waals surface area contributed by atoms with Gasteiger partial charge in [0.2, 0.25) is 0 Å². The van der Waals surface area contributed by atoms with Crippen LogP contribution in [0.1, 0.15) is 18.2 Å². The van der Waals surface area contributed by atoms with Crippen molar-refractivity contribution >= 4 is 38.8 Å². The molecule has 158 valence electrons. The number of fused-ring (bicyclic) bond motifs is 6. The number of para-hydroxylation sites is 3. The van der Waals surface area contributed by atoms with Crippen molar-refractivity contribution in [2.75, 3.05) is 0 Å². The molecule has 6 aromatic rings. The molecule has 1 aliphatic rings. The summed E-state index contributed by atoms with van der Waals surface area (Å²) in [7, 11) is 0. The van der Waals surface area contributed by atoms with Crippen molar-refractivity contribution in [3.63, 3.8) is 0 Å². The van der Waals surface area contributed by atoms with Crippen LogP contribution in [-0.2, 0) is 6.42 Å². The molecular weight excluding hydrogens is 400 g/mol. The van der Waals surface area contributed by atoms with E-state index in [1.165, 1.54) is 55.3 Å². The topological polar surface area (TPSA) is 9.86 Å². The summed E-state index contributed by atoms with van der Waals surface area (Å²) in [6.45, 7) is 2.30. The SMILES string of the molecule is CC1C=Cc2c(n(-c3cccc(-n4c5ccccc5c5ccccc54)c3)c3ccccc23)C1. The first-order valence-electron chi connectivity index (χ1n) is 11.7. The van der Waals surface area contributed by atoms with Gasteiger partial charge >= 0.3 is 0 Å². The molecule has 0 bridgehead atoms. The average molecular weight is 425 g/mol. The van der Waals surface area contributed by atoms with E-state index in [0.717, 1.165) is 6.42 Å². The van der Waals surface area contributed by atoms with E-state index in [4.69, 9.17) is 0 Å². The van der Waals surface area contributed by atoms with Crippen molar-refractivity contribution in [1.29, 1.82) is 0 Å². The molecule has 0 radical (unpaired) electrons. The molecule has 0 saturated heterocycles. The lowest BCUT2D eigenvalue weighted by molar-refractivity contribution is 0.690. The Morgan fingerprint density at radius 3 is 1.82 bits per heavy atom. The van der Waals surface area contributed by atoms with Gasteiger partial charge in [0.25, 0.3) is 0 Å². The van der Waals surface area contributed by atoms with E-state index < -0.39 is 0 Å². The summed E-state index contributed by atoms with van der Waals surface area (Å²) < 4.78 is 4.87. The zero-order valence-corrected chi connectivity index (χ0v) is 18.6. The molecule has 1 atom stereocenters. The number of hydrogen-bond donors (Lipinski definition) is 0. The molecule has 2 nitrogen and oxygen atoms in total. The van der Waals surface area contributed by atoms with Gasteiger partial charge in [0.15, 0.2) is 0 Å². The molecule has 1 unspecified atom stereocenters. The monoisotopic (exact) mass is 424 g/mol. The Morgan fingerprint density at radius 1 is 0.606 bits per heavy atom. The maximum absolute atomic E-state index is 2.47. The van der Waals surface area contributed by atoms with Crippen LogP contribution in [0.5, 0.6) is 0 Å².